The molecule has 0 radical (unpaired) electrons. The van der Waals surface area contributed by atoms with Gasteiger partial charge in [-0.05, 0) is 58.4 Å². The number of allylic oxidation sites excluding steroid dienone is 4. The fourth-order valence-corrected chi connectivity index (χ4v) is 4.55. The number of nitrogens with zero attached hydrogens (tertiary/aromatic N) is 2. The number of rotatable bonds is 7. The Bertz CT molecular complexity index is 1080. The van der Waals surface area contributed by atoms with Crippen LogP contribution < -0.4 is 19.6 Å². The number of nitrogens with one attached hydrogen (secondary N) is 1. The summed E-state index contributed by atoms with van der Waals surface area (Å²) in [5.41, 5.74) is 2.01. The minimum absolute atomic E-state index is 0.0727. The fraction of sp³-hybridized carbons (Fsp3) is 0.444. The number of carbonyl (C=O) groups excluding carboxylic acids is 1. The maximum Gasteiger partial charge on any atom is 0.371 e. The molecule has 34 heavy (non-hydrogen) atoms. The van der Waals surface area contributed by atoms with Crippen molar-refractivity contribution >= 4 is 35.1 Å². The highest BCUT2D eigenvalue weighted by atomic mass is 35.5. The molecule has 1 aliphatic carbocycles. The van der Waals surface area contributed by atoms with Gasteiger partial charge in [-0.1, -0.05) is 30.3 Å². The Morgan fingerprint density at radius 2 is 2.15 bits per heavy atom. The van der Waals surface area contributed by atoms with E-state index in [0.717, 1.165) is 34.2 Å². The maximum atomic E-state index is 12.3. The van der Waals surface area contributed by atoms with Crippen LogP contribution in [0.2, 0.25) is 0 Å². The lowest BCUT2D eigenvalue weighted by Gasteiger charge is -2.29. The van der Waals surface area contributed by atoms with Gasteiger partial charge >= 0.3 is 5.84 Å². The number of halogens is 1. The van der Waals surface area contributed by atoms with Crippen molar-refractivity contribution in [3.05, 3.63) is 59.3 Å². The molecule has 1 heterocycles. The number of aliphatic hydroxyl groups excluding tert-OH is 1. The molecular formula is C27H35ClN3O3+. The molecule has 0 saturated carbocycles. The van der Waals surface area contributed by atoms with Gasteiger partial charge in [-0.3, -0.25) is 10.1 Å². The van der Waals surface area contributed by atoms with Crippen molar-refractivity contribution in [2.45, 2.75) is 65.1 Å². The number of amidine groups is 1. The summed E-state index contributed by atoms with van der Waals surface area (Å²) in [5.74, 6) is 1.56. The molecule has 1 aliphatic heterocycles. The monoisotopic (exact) mass is 484 g/mol. The molecule has 0 fully saturated rings. The van der Waals surface area contributed by atoms with E-state index < -0.39 is 5.60 Å². The number of ketones is 1. The SMILES string of the molecule is C=C(C)N1C(=[N+]=CC)C(CC(C)=O)NC(C2C=CC(Cl)=CC2)c2cc(OC(C)(C)CO)ccc21. The van der Waals surface area contributed by atoms with E-state index in [-0.39, 0.29) is 30.4 Å². The number of anilines is 1. The van der Waals surface area contributed by atoms with Gasteiger partial charge in [0, 0.05) is 35.9 Å². The van der Waals surface area contributed by atoms with Crippen molar-refractivity contribution < 1.29 is 14.6 Å². The number of carbonyl (C=O) groups is 1. The normalized spacial score (nSPS) is 22.3. The summed E-state index contributed by atoms with van der Waals surface area (Å²) in [6.07, 6.45) is 8.84. The standard InChI is InChI=1S/C27H35ClN3O3/c1-7-29-26-23(14-18(4)33)30-25(19-8-10-20(28)11-9-19)22-15-21(34-27(5,6)16-32)12-13-24(22)31(26)17(2)3/h7-8,10-13,15,19,23,25,30,32H,2,9,14,16H2,1,3-6H3/q+1. The number of benzene rings is 1. The zero-order valence-corrected chi connectivity index (χ0v) is 21.4. The maximum absolute atomic E-state index is 12.3. The molecule has 7 heteroatoms. The molecule has 0 bridgehead atoms. The Kier molecular flexibility index (Phi) is 8.21. The number of fused-ring (bicyclic) bond motifs is 1. The lowest BCUT2D eigenvalue weighted by molar-refractivity contribution is -0.117. The molecule has 182 valence electrons. The minimum Gasteiger partial charge on any atom is -0.485 e. The molecule has 2 aliphatic rings. The van der Waals surface area contributed by atoms with Gasteiger partial charge in [0.25, 0.3) is 0 Å². The van der Waals surface area contributed by atoms with Crippen molar-refractivity contribution in [3.8, 4) is 5.75 Å². The molecule has 3 rings (SSSR count). The number of Topliss-reactive ketones (excluding diaryl/α,β-unsaturated/α-hetero) is 1. The van der Waals surface area contributed by atoms with E-state index in [1.165, 1.54) is 0 Å². The molecule has 6 nitrogen and oxygen atoms in total. The second kappa shape index (κ2) is 10.7. The average molecular weight is 485 g/mol. The van der Waals surface area contributed by atoms with E-state index in [4.69, 9.17) is 21.0 Å². The molecule has 1 aromatic rings. The summed E-state index contributed by atoms with van der Waals surface area (Å²) in [5, 5.41) is 14.2. The van der Waals surface area contributed by atoms with Gasteiger partial charge in [-0.2, -0.15) is 4.90 Å². The van der Waals surface area contributed by atoms with Gasteiger partial charge in [0.1, 0.15) is 34.6 Å². The third-order valence-electron chi connectivity index (χ3n) is 5.92. The molecule has 0 saturated heterocycles. The zero-order valence-electron chi connectivity index (χ0n) is 20.6. The summed E-state index contributed by atoms with van der Waals surface area (Å²) in [6, 6.07) is 5.46. The number of ether oxygens (including phenoxy) is 1. The summed E-state index contributed by atoms with van der Waals surface area (Å²) in [4.78, 5) is 14.3. The number of hydrogen-bond donors (Lipinski definition) is 2. The van der Waals surface area contributed by atoms with E-state index in [1.807, 2.05) is 62.9 Å². The summed E-state index contributed by atoms with van der Waals surface area (Å²) in [7, 11) is 0. The van der Waals surface area contributed by atoms with Crippen LogP contribution in [0.25, 0.3) is 0 Å². The van der Waals surface area contributed by atoms with Gasteiger partial charge in [0.2, 0.25) is 0 Å². The molecule has 3 unspecified atom stereocenters. The molecule has 3 atom stereocenters. The highest BCUT2D eigenvalue weighted by Crippen LogP contribution is 2.41. The van der Waals surface area contributed by atoms with Crippen molar-refractivity contribution in [1.29, 1.82) is 0 Å². The summed E-state index contributed by atoms with van der Waals surface area (Å²) in [6.45, 7) is 13.2. The summed E-state index contributed by atoms with van der Waals surface area (Å²) < 4.78 is 10.8. The van der Waals surface area contributed by atoms with Gasteiger partial charge in [0.15, 0.2) is 6.21 Å². The lowest BCUT2D eigenvalue weighted by Crippen LogP contribution is -2.47. The van der Waals surface area contributed by atoms with Crippen molar-refractivity contribution in [1.82, 2.24) is 9.98 Å². The first kappa shape index (κ1) is 26.0. The van der Waals surface area contributed by atoms with E-state index in [9.17, 15) is 9.90 Å². The zero-order chi connectivity index (χ0) is 25.0. The smallest absolute Gasteiger partial charge is 0.371 e. The van der Waals surface area contributed by atoms with Gasteiger partial charge in [-0.25, -0.2) is 4.67 Å². The Balaban J connectivity index is 2.23. The first-order valence-electron chi connectivity index (χ1n) is 11.6. The van der Waals surface area contributed by atoms with E-state index in [0.29, 0.717) is 12.2 Å². The van der Waals surface area contributed by atoms with Crippen LogP contribution in [-0.2, 0) is 4.79 Å². The minimum atomic E-state index is -0.724. The van der Waals surface area contributed by atoms with Crippen LogP contribution in [0, 0.1) is 5.92 Å². The highest BCUT2D eigenvalue weighted by Gasteiger charge is 2.43. The third-order valence-corrected chi connectivity index (χ3v) is 6.20. The lowest BCUT2D eigenvalue weighted by atomic mass is 9.86. The van der Waals surface area contributed by atoms with Gasteiger partial charge in [0.05, 0.1) is 6.61 Å². The quantitative estimate of drug-likeness (QED) is 0.442. The number of aliphatic hydroxyl groups is 1. The molecule has 1 aromatic carbocycles. The number of hydrogen-bond acceptors (Lipinski definition) is 4. The molecule has 0 spiro atoms. The second-order valence-electron chi connectivity index (χ2n) is 9.51. The fourth-order valence-electron chi connectivity index (χ4n) is 4.39. The highest BCUT2D eigenvalue weighted by molar-refractivity contribution is 6.31. The van der Waals surface area contributed by atoms with E-state index in [2.05, 4.69) is 18.0 Å². The van der Waals surface area contributed by atoms with Gasteiger partial charge in [-0.15, -0.1) is 0 Å². The van der Waals surface area contributed by atoms with Crippen LogP contribution in [0.4, 0.5) is 5.69 Å². The first-order chi connectivity index (χ1) is 16.1. The predicted octanol–water partition coefficient (Wildman–Crippen LogP) is 4.42. The predicted molar refractivity (Wildman–Crippen MR) is 141 cm³/mol. The Labute approximate surface area is 207 Å². The van der Waals surface area contributed by atoms with Crippen LogP contribution in [-0.4, -0.2) is 41.2 Å². The van der Waals surface area contributed by atoms with Crippen LogP contribution in [0.15, 0.2) is 53.7 Å². The van der Waals surface area contributed by atoms with E-state index >= 15 is 0 Å². The summed E-state index contributed by atoms with van der Waals surface area (Å²) >= 11 is 6.22. The molecule has 0 aromatic heterocycles. The molecular weight excluding hydrogens is 450 g/mol. The van der Waals surface area contributed by atoms with Crippen molar-refractivity contribution in [2.75, 3.05) is 11.5 Å². The molecule has 0 amide bonds. The van der Waals surface area contributed by atoms with Crippen molar-refractivity contribution in [3.63, 3.8) is 0 Å². The average Bonchev–Trinajstić information content (AvgIpc) is 2.89. The second-order valence-corrected chi connectivity index (χ2v) is 9.94. The van der Waals surface area contributed by atoms with Gasteiger partial charge < -0.3 is 9.84 Å². The van der Waals surface area contributed by atoms with Crippen LogP contribution >= 0.6 is 11.6 Å². The Morgan fingerprint density at radius 3 is 2.71 bits per heavy atom. The Hall–Kier alpha value is -2.63. The van der Waals surface area contributed by atoms with Crippen LogP contribution in [0.3, 0.4) is 0 Å². The third kappa shape index (κ3) is 5.89. The van der Waals surface area contributed by atoms with Crippen LogP contribution in [0.1, 0.15) is 59.1 Å². The largest absolute Gasteiger partial charge is 0.485 e. The van der Waals surface area contributed by atoms with E-state index in [1.54, 1.807) is 13.1 Å². The van der Waals surface area contributed by atoms with Crippen LogP contribution in [0.5, 0.6) is 5.75 Å². The Morgan fingerprint density at radius 1 is 1.41 bits per heavy atom. The first-order valence-corrected chi connectivity index (χ1v) is 12.0. The van der Waals surface area contributed by atoms with Crippen molar-refractivity contribution in [2.24, 2.45) is 5.92 Å². The topological polar surface area (TPSA) is 75.9 Å². The molecule has 2 N–H and O–H groups in total.